The summed E-state index contributed by atoms with van der Waals surface area (Å²) in [5.74, 6) is 0. The third-order valence-electron chi connectivity index (χ3n) is 3.72. The van der Waals surface area contributed by atoms with Crippen molar-refractivity contribution in [3.8, 4) is 0 Å². The first-order valence-electron chi connectivity index (χ1n) is 6.58. The fraction of sp³-hybridized carbons (Fsp3) is 0.625. The van der Waals surface area contributed by atoms with Crippen LogP contribution in [-0.4, -0.2) is 10.7 Å². The van der Waals surface area contributed by atoms with Crippen LogP contribution in [0.2, 0.25) is 0 Å². The summed E-state index contributed by atoms with van der Waals surface area (Å²) in [7, 11) is 0. The second kappa shape index (κ2) is 6.56. The molecule has 0 spiro atoms. The van der Waals surface area contributed by atoms with E-state index < -0.39 is 0 Å². The fourth-order valence-electron chi connectivity index (χ4n) is 2.00. The zero-order valence-corrected chi connectivity index (χ0v) is 15.1. The molecule has 2 heteroatoms. The normalized spacial score (nSPS) is 12.8. The van der Waals surface area contributed by atoms with Gasteiger partial charge in [0.2, 0.25) is 0 Å². The first kappa shape index (κ1) is 16.2. The van der Waals surface area contributed by atoms with Crippen LogP contribution < -0.4 is 0 Å². The van der Waals surface area contributed by atoms with E-state index in [0.717, 1.165) is 17.1 Å². The number of alkyl halides is 2. The summed E-state index contributed by atoms with van der Waals surface area (Å²) in [5.41, 5.74) is 3.42. The molecule has 0 nitrogen and oxygen atoms in total. The van der Waals surface area contributed by atoms with E-state index in [-0.39, 0.29) is 5.41 Å². The lowest BCUT2D eigenvalue weighted by Crippen LogP contribution is -2.26. The summed E-state index contributed by atoms with van der Waals surface area (Å²) >= 11 is 7.33. The fourth-order valence-corrected chi connectivity index (χ4v) is 4.12. The first-order chi connectivity index (χ1) is 8.37. The van der Waals surface area contributed by atoms with Crippen molar-refractivity contribution in [3.05, 3.63) is 35.4 Å². The van der Waals surface area contributed by atoms with Gasteiger partial charge in [-0.2, -0.15) is 0 Å². The topological polar surface area (TPSA) is 0 Å². The van der Waals surface area contributed by atoms with Crippen LogP contribution in [0.1, 0.15) is 45.2 Å². The Bertz CT molecular complexity index is 347. The molecular weight excluding hydrogens is 352 g/mol. The second-order valence-electron chi connectivity index (χ2n) is 6.24. The summed E-state index contributed by atoms with van der Waals surface area (Å²) in [6.45, 7) is 9.05. The van der Waals surface area contributed by atoms with Gasteiger partial charge in [0.05, 0.1) is 0 Å². The van der Waals surface area contributed by atoms with Gasteiger partial charge in [0.15, 0.2) is 0 Å². The van der Waals surface area contributed by atoms with Crippen molar-refractivity contribution >= 4 is 31.9 Å². The summed E-state index contributed by atoms with van der Waals surface area (Å²) in [4.78, 5) is 0. The lowest BCUT2D eigenvalue weighted by molar-refractivity contribution is 0.373. The highest BCUT2D eigenvalue weighted by Gasteiger charge is 2.26. The van der Waals surface area contributed by atoms with E-state index in [9.17, 15) is 0 Å². The van der Waals surface area contributed by atoms with Gasteiger partial charge in [0.25, 0.3) is 0 Å². The molecule has 18 heavy (non-hydrogen) atoms. The van der Waals surface area contributed by atoms with Crippen LogP contribution in [0.4, 0.5) is 0 Å². The summed E-state index contributed by atoms with van der Waals surface area (Å²) in [5, 5.41) is 2.09. The molecule has 102 valence electrons. The quantitative estimate of drug-likeness (QED) is 0.578. The van der Waals surface area contributed by atoms with Crippen LogP contribution in [0.3, 0.4) is 0 Å². The van der Waals surface area contributed by atoms with Gasteiger partial charge >= 0.3 is 0 Å². The summed E-state index contributed by atoms with van der Waals surface area (Å²) in [6.07, 6.45) is 2.31. The maximum atomic E-state index is 3.67. The average molecular weight is 376 g/mol. The maximum absolute atomic E-state index is 3.67. The molecule has 0 heterocycles. The second-order valence-corrected chi connectivity index (χ2v) is 7.37. The Morgan fingerprint density at radius 1 is 0.944 bits per heavy atom. The van der Waals surface area contributed by atoms with Crippen LogP contribution in [0.25, 0.3) is 0 Å². The Balaban J connectivity index is 2.86. The van der Waals surface area contributed by atoms with E-state index in [4.69, 9.17) is 0 Å². The number of hydrogen-bond donors (Lipinski definition) is 0. The van der Waals surface area contributed by atoms with E-state index in [1.54, 1.807) is 0 Å². The van der Waals surface area contributed by atoms with Crippen LogP contribution >= 0.6 is 31.9 Å². The van der Waals surface area contributed by atoms with Gasteiger partial charge in [-0.05, 0) is 34.8 Å². The molecular formula is C16H24Br2. The molecule has 0 amide bonds. The molecule has 0 aliphatic carbocycles. The molecule has 0 aliphatic heterocycles. The predicted molar refractivity (Wildman–Crippen MR) is 89.2 cm³/mol. The molecule has 0 aliphatic rings. The molecule has 0 unspecified atom stereocenters. The monoisotopic (exact) mass is 374 g/mol. The molecule has 0 saturated carbocycles. The Kier molecular flexibility index (Phi) is 5.92. The molecule has 1 rings (SSSR count). The molecule has 1 aromatic rings. The predicted octanol–water partition coefficient (Wildman–Crippen LogP) is 5.71. The third-order valence-corrected chi connectivity index (χ3v) is 6.10. The van der Waals surface area contributed by atoms with Gasteiger partial charge in [0, 0.05) is 10.7 Å². The smallest absolute Gasteiger partial charge is 0.00990 e. The van der Waals surface area contributed by atoms with Crippen LogP contribution in [0.15, 0.2) is 24.3 Å². The van der Waals surface area contributed by atoms with Crippen molar-refractivity contribution in [2.24, 2.45) is 5.41 Å². The first-order valence-corrected chi connectivity index (χ1v) is 8.82. The molecule has 0 N–H and O–H groups in total. The Morgan fingerprint density at radius 3 is 1.78 bits per heavy atom. The van der Waals surface area contributed by atoms with E-state index in [0.29, 0.717) is 5.41 Å². The zero-order valence-electron chi connectivity index (χ0n) is 11.9. The van der Waals surface area contributed by atoms with Crippen molar-refractivity contribution in [2.75, 3.05) is 10.7 Å². The number of hydrogen-bond acceptors (Lipinski definition) is 0. The highest BCUT2D eigenvalue weighted by atomic mass is 79.9. The van der Waals surface area contributed by atoms with Crippen LogP contribution in [0.5, 0.6) is 0 Å². The van der Waals surface area contributed by atoms with Gasteiger partial charge < -0.3 is 0 Å². The van der Waals surface area contributed by atoms with Crippen molar-refractivity contribution in [1.29, 1.82) is 0 Å². The summed E-state index contributed by atoms with van der Waals surface area (Å²) < 4.78 is 0. The molecule has 1 aromatic carbocycles. The van der Waals surface area contributed by atoms with Crippen molar-refractivity contribution in [2.45, 2.75) is 46.0 Å². The minimum Gasteiger partial charge on any atom is -0.0922 e. The standard InChI is InChI=1S/C16H24Br2/c1-5-16(11-17,12-18)10-13-6-8-14(9-7-13)15(2,3)4/h6-9H,5,10-12H2,1-4H3. The zero-order chi connectivity index (χ0) is 13.8. The molecule has 0 fully saturated rings. The minimum absolute atomic E-state index is 0.241. The van der Waals surface area contributed by atoms with Gasteiger partial charge in [0.1, 0.15) is 0 Å². The Morgan fingerprint density at radius 2 is 1.44 bits per heavy atom. The van der Waals surface area contributed by atoms with Gasteiger partial charge in [-0.1, -0.05) is 83.8 Å². The molecule has 0 radical (unpaired) electrons. The largest absolute Gasteiger partial charge is 0.0922 e. The van der Waals surface area contributed by atoms with E-state index in [1.165, 1.54) is 17.5 Å². The Labute approximate surface area is 129 Å². The average Bonchev–Trinajstić information content (AvgIpc) is 2.36. The van der Waals surface area contributed by atoms with Gasteiger partial charge in [-0.15, -0.1) is 0 Å². The van der Waals surface area contributed by atoms with Crippen LogP contribution in [0, 0.1) is 5.41 Å². The lowest BCUT2D eigenvalue weighted by atomic mass is 9.81. The van der Waals surface area contributed by atoms with Crippen molar-refractivity contribution in [3.63, 3.8) is 0 Å². The van der Waals surface area contributed by atoms with Gasteiger partial charge in [-0.3, -0.25) is 0 Å². The SMILES string of the molecule is CCC(CBr)(CBr)Cc1ccc(C(C)(C)C)cc1. The van der Waals surface area contributed by atoms with Crippen molar-refractivity contribution < 1.29 is 0 Å². The number of rotatable bonds is 5. The minimum atomic E-state index is 0.241. The molecule has 0 aromatic heterocycles. The highest BCUT2D eigenvalue weighted by Crippen LogP contribution is 2.32. The van der Waals surface area contributed by atoms with Crippen molar-refractivity contribution in [1.82, 2.24) is 0 Å². The third kappa shape index (κ3) is 4.09. The Hall–Kier alpha value is 0.180. The molecule has 0 atom stereocenters. The molecule has 0 saturated heterocycles. The number of benzene rings is 1. The van der Waals surface area contributed by atoms with E-state index in [2.05, 4.69) is 83.8 Å². The highest BCUT2D eigenvalue weighted by molar-refractivity contribution is 9.09. The van der Waals surface area contributed by atoms with E-state index >= 15 is 0 Å². The van der Waals surface area contributed by atoms with Crippen LogP contribution in [-0.2, 0) is 11.8 Å². The number of halogens is 2. The lowest BCUT2D eigenvalue weighted by Gasteiger charge is -2.29. The van der Waals surface area contributed by atoms with Gasteiger partial charge in [-0.25, -0.2) is 0 Å². The molecule has 0 bridgehead atoms. The summed E-state index contributed by atoms with van der Waals surface area (Å²) in [6, 6.07) is 9.13. The maximum Gasteiger partial charge on any atom is 0.00990 e. The van der Waals surface area contributed by atoms with E-state index in [1.807, 2.05) is 0 Å².